The van der Waals surface area contributed by atoms with Gasteiger partial charge in [0, 0.05) is 7.11 Å². The van der Waals surface area contributed by atoms with Crippen LogP contribution in [0.5, 0.6) is 0 Å². The highest BCUT2D eigenvalue weighted by atomic mass is 16.5. The molecule has 14 heavy (non-hydrogen) atoms. The van der Waals surface area contributed by atoms with Crippen LogP contribution in [-0.2, 0) is 4.74 Å². The molecule has 0 fully saturated rings. The Morgan fingerprint density at radius 1 is 1.64 bits per heavy atom. The molecule has 0 bridgehead atoms. The normalized spacial score (nSPS) is 15.4. The molecule has 0 radical (unpaired) electrons. The molecule has 0 aliphatic heterocycles. The van der Waals surface area contributed by atoms with Crippen molar-refractivity contribution in [2.75, 3.05) is 13.7 Å². The highest BCUT2D eigenvalue weighted by molar-refractivity contribution is 4.92. The summed E-state index contributed by atoms with van der Waals surface area (Å²) in [6.07, 6.45) is -0.619. The van der Waals surface area contributed by atoms with Crippen molar-refractivity contribution in [2.24, 2.45) is 5.73 Å². The fourth-order valence-corrected chi connectivity index (χ4v) is 0.934. The van der Waals surface area contributed by atoms with Gasteiger partial charge in [0.05, 0.1) is 0 Å². The quantitative estimate of drug-likeness (QED) is 0.704. The van der Waals surface area contributed by atoms with E-state index in [1.54, 1.807) is 14.0 Å². The second-order valence-corrected chi connectivity index (χ2v) is 2.96. The molecule has 0 spiro atoms. The van der Waals surface area contributed by atoms with Crippen LogP contribution in [-0.4, -0.2) is 28.9 Å². The van der Waals surface area contributed by atoms with Gasteiger partial charge in [0.1, 0.15) is 12.2 Å². The Labute approximate surface area is 82.1 Å². The summed E-state index contributed by atoms with van der Waals surface area (Å²) < 4.78 is 9.85. The number of aromatic nitrogens is 2. The summed E-state index contributed by atoms with van der Waals surface area (Å²) in [5.41, 5.74) is 5.29. The Balaban J connectivity index is 2.67. The lowest BCUT2D eigenvalue weighted by Gasteiger charge is -2.02. The number of methoxy groups -OCH3 is 1. The zero-order chi connectivity index (χ0) is 10.6. The second kappa shape index (κ2) is 5.04. The molecule has 6 heteroatoms. The summed E-state index contributed by atoms with van der Waals surface area (Å²) in [5, 5.41) is 13.1. The van der Waals surface area contributed by atoms with E-state index in [9.17, 15) is 5.11 Å². The van der Waals surface area contributed by atoms with Crippen molar-refractivity contribution < 1.29 is 14.4 Å². The Kier molecular flexibility index (Phi) is 3.99. The van der Waals surface area contributed by atoms with Gasteiger partial charge in [-0.3, -0.25) is 0 Å². The van der Waals surface area contributed by atoms with Crippen molar-refractivity contribution in [3.8, 4) is 0 Å². The van der Waals surface area contributed by atoms with Crippen molar-refractivity contribution in [3.05, 3.63) is 11.7 Å². The van der Waals surface area contributed by atoms with E-state index >= 15 is 0 Å². The van der Waals surface area contributed by atoms with Crippen LogP contribution < -0.4 is 5.73 Å². The van der Waals surface area contributed by atoms with Gasteiger partial charge >= 0.3 is 0 Å². The summed E-state index contributed by atoms with van der Waals surface area (Å²) >= 11 is 0. The predicted molar refractivity (Wildman–Crippen MR) is 48.4 cm³/mol. The number of ether oxygens (including phenoxy) is 1. The van der Waals surface area contributed by atoms with Crippen molar-refractivity contribution in [1.29, 1.82) is 0 Å². The van der Waals surface area contributed by atoms with Crippen LogP contribution in [0.25, 0.3) is 0 Å². The van der Waals surface area contributed by atoms with Gasteiger partial charge in [-0.25, -0.2) is 0 Å². The standard InChI is InChI=1S/C8H15N3O3/c1-5(13-2)7-10-8(14-11-7)6(12)3-4-9/h5-6,12H,3-4,9H2,1-2H3/t5?,6-/m0/s1. The number of hydrogen-bond donors (Lipinski definition) is 2. The van der Waals surface area contributed by atoms with Crippen molar-refractivity contribution in [3.63, 3.8) is 0 Å². The van der Waals surface area contributed by atoms with Crippen LogP contribution in [0.1, 0.15) is 37.3 Å². The first-order valence-electron chi connectivity index (χ1n) is 4.43. The molecule has 80 valence electrons. The smallest absolute Gasteiger partial charge is 0.255 e. The molecule has 0 saturated carbocycles. The van der Waals surface area contributed by atoms with Crippen molar-refractivity contribution in [2.45, 2.75) is 25.6 Å². The van der Waals surface area contributed by atoms with Crippen molar-refractivity contribution >= 4 is 0 Å². The number of rotatable bonds is 5. The van der Waals surface area contributed by atoms with E-state index in [4.69, 9.17) is 15.0 Å². The third-order valence-corrected chi connectivity index (χ3v) is 1.90. The third kappa shape index (κ3) is 2.50. The predicted octanol–water partition coefficient (Wildman–Crippen LogP) is 0.159. The third-order valence-electron chi connectivity index (χ3n) is 1.90. The van der Waals surface area contributed by atoms with E-state index < -0.39 is 6.10 Å². The molecule has 1 rings (SSSR count). The maximum Gasteiger partial charge on any atom is 0.255 e. The summed E-state index contributed by atoms with van der Waals surface area (Å²) in [4.78, 5) is 3.99. The Hall–Kier alpha value is -0.980. The number of hydrogen-bond acceptors (Lipinski definition) is 6. The van der Waals surface area contributed by atoms with Crippen LogP contribution in [0.4, 0.5) is 0 Å². The van der Waals surface area contributed by atoms with Gasteiger partial charge in [0.15, 0.2) is 5.82 Å². The molecule has 0 aliphatic carbocycles. The van der Waals surface area contributed by atoms with E-state index in [0.29, 0.717) is 18.8 Å². The number of aliphatic hydroxyl groups excluding tert-OH is 1. The van der Waals surface area contributed by atoms with Crippen LogP contribution >= 0.6 is 0 Å². The zero-order valence-electron chi connectivity index (χ0n) is 8.30. The molecule has 1 aromatic heterocycles. The van der Waals surface area contributed by atoms with Gasteiger partial charge in [-0.2, -0.15) is 4.98 Å². The molecule has 1 unspecified atom stereocenters. The maximum absolute atomic E-state index is 9.47. The SMILES string of the molecule is COC(C)c1noc([C@@H](O)CCN)n1. The van der Waals surface area contributed by atoms with Gasteiger partial charge in [-0.15, -0.1) is 0 Å². The number of nitrogens with zero attached hydrogens (tertiary/aromatic N) is 2. The Bertz CT molecular complexity index is 277. The highest BCUT2D eigenvalue weighted by Crippen LogP contribution is 2.17. The van der Waals surface area contributed by atoms with E-state index in [-0.39, 0.29) is 12.0 Å². The number of aliphatic hydroxyl groups is 1. The van der Waals surface area contributed by atoms with E-state index in [2.05, 4.69) is 10.1 Å². The minimum atomic E-state index is -0.787. The minimum Gasteiger partial charge on any atom is -0.383 e. The van der Waals surface area contributed by atoms with Crippen LogP contribution in [0.2, 0.25) is 0 Å². The molecule has 0 aliphatic rings. The first-order chi connectivity index (χ1) is 6.69. The summed E-state index contributed by atoms with van der Waals surface area (Å²) in [6.45, 7) is 2.17. The number of nitrogens with two attached hydrogens (primary N) is 1. The Morgan fingerprint density at radius 3 is 2.93 bits per heavy atom. The van der Waals surface area contributed by atoms with Gasteiger partial charge in [0.25, 0.3) is 5.89 Å². The topological polar surface area (TPSA) is 94.4 Å². The Morgan fingerprint density at radius 2 is 2.36 bits per heavy atom. The zero-order valence-corrected chi connectivity index (χ0v) is 8.30. The summed E-state index contributed by atoms with van der Waals surface area (Å²) in [5.74, 6) is 0.618. The first kappa shape index (κ1) is 11.1. The average Bonchev–Trinajstić information content (AvgIpc) is 2.66. The second-order valence-electron chi connectivity index (χ2n) is 2.96. The van der Waals surface area contributed by atoms with Crippen LogP contribution in [0, 0.1) is 0 Å². The summed E-state index contributed by atoms with van der Waals surface area (Å²) in [6, 6.07) is 0. The lowest BCUT2D eigenvalue weighted by Crippen LogP contribution is -2.07. The lowest BCUT2D eigenvalue weighted by molar-refractivity contribution is 0.109. The molecular weight excluding hydrogens is 186 g/mol. The summed E-state index contributed by atoms with van der Waals surface area (Å²) in [7, 11) is 1.55. The molecule has 2 atom stereocenters. The maximum atomic E-state index is 9.47. The van der Waals surface area contributed by atoms with Gasteiger partial charge in [-0.05, 0) is 19.9 Å². The molecule has 3 N–H and O–H groups in total. The fourth-order valence-electron chi connectivity index (χ4n) is 0.934. The molecule has 0 saturated heterocycles. The lowest BCUT2D eigenvalue weighted by atomic mass is 10.2. The monoisotopic (exact) mass is 201 g/mol. The van der Waals surface area contributed by atoms with E-state index in [1.165, 1.54) is 0 Å². The minimum absolute atomic E-state index is 0.189. The fraction of sp³-hybridized carbons (Fsp3) is 0.750. The largest absolute Gasteiger partial charge is 0.383 e. The first-order valence-corrected chi connectivity index (χ1v) is 4.43. The molecule has 0 aromatic carbocycles. The van der Waals surface area contributed by atoms with Crippen LogP contribution in [0.3, 0.4) is 0 Å². The van der Waals surface area contributed by atoms with E-state index in [0.717, 1.165) is 0 Å². The molecule has 1 heterocycles. The molecule has 0 amide bonds. The molecule has 1 aromatic rings. The van der Waals surface area contributed by atoms with Crippen molar-refractivity contribution in [1.82, 2.24) is 10.1 Å². The van der Waals surface area contributed by atoms with Gasteiger partial charge < -0.3 is 20.1 Å². The molecular formula is C8H15N3O3. The van der Waals surface area contributed by atoms with Gasteiger partial charge in [0.2, 0.25) is 0 Å². The van der Waals surface area contributed by atoms with Gasteiger partial charge in [-0.1, -0.05) is 5.16 Å². The van der Waals surface area contributed by atoms with Crippen LogP contribution in [0.15, 0.2) is 4.52 Å². The highest BCUT2D eigenvalue weighted by Gasteiger charge is 2.18. The average molecular weight is 201 g/mol. The van der Waals surface area contributed by atoms with E-state index in [1.807, 2.05) is 0 Å². The molecule has 6 nitrogen and oxygen atoms in total.